The number of hydroxylamine groups is 2. The zero-order valence-corrected chi connectivity index (χ0v) is 14.4. The molecular weight excluding hydrogens is 296 g/mol. The van der Waals surface area contributed by atoms with Crippen molar-refractivity contribution in [3.05, 3.63) is 35.9 Å². The summed E-state index contributed by atoms with van der Waals surface area (Å²) in [7, 11) is 1.51. The van der Waals surface area contributed by atoms with Crippen LogP contribution in [-0.4, -0.2) is 42.2 Å². The molecule has 0 fully saturated rings. The zero-order chi connectivity index (χ0) is 17.5. The van der Waals surface area contributed by atoms with Gasteiger partial charge in [-0.1, -0.05) is 30.3 Å². The van der Waals surface area contributed by atoms with Gasteiger partial charge in [0.2, 0.25) is 12.3 Å². The van der Waals surface area contributed by atoms with E-state index in [2.05, 4.69) is 5.32 Å². The van der Waals surface area contributed by atoms with Crippen LogP contribution in [0.25, 0.3) is 0 Å². The van der Waals surface area contributed by atoms with Gasteiger partial charge in [-0.15, -0.1) is 0 Å². The standard InChI is InChI=1S/C17H26N2O4/c1-13(22-11-14-9-7-6-8-10-14)15(16(21)18-5)19(12-20)23-17(2,3)4/h6-10,12-13,15H,11H2,1-5H3,(H,18,21)/t13-,15+/m1/s1. The fourth-order valence-electron chi connectivity index (χ4n) is 2.04. The van der Waals surface area contributed by atoms with E-state index in [0.717, 1.165) is 10.6 Å². The average Bonchev–Trinajstić information content (AvgIpc) is 2.51. The molecule has 1 N–H and O–H groups in total. The molecule has 1 aromatic rings. The van der Waals surface area contributed by atoms with Gasteiger partial charge in [-0.2, -0.15) is 0 Å². The molecule has 0 radical (unpaired) electrons. The van der Waals surface area contributed by atoms with E-state index in [-0.39, 0.29) is 5.91 Å². The van der Waals surface area contributed by atoms with Gasteiger partial charge in [-0.25, -0.2) is 5.06 Å². The van der Waals surface area contributed by atoms with Gasteiger partial charge < -0.3 is 10.1 Å². The van der Waals surface area contributed by atoms with Crippen molar-refractivity contribution in [1.29, 1.82) is 0 Å². The highest BCUT2D eigenvalue weighted by atomic mass is 16.7. The van der Waals surface area contributed by atoms with Gasteiger partial charge in [0.25, 0.3) is 0 Å². The van der Waals surface area contributed by atoms with Crippen LogP contribution in [-0.2, 0) is 25.8 Å². The Labute approximate surface area is 137 Å². The van der Waals surface area contributed by atoms with Crippen LogP contribution in [0.1, 0.15) is 33.3 Å². The molecule has 0 bridgehead atoms. The Hall–Kier alpha value is -1.92. The first-order valence-electron chi connectivity index (χ1n) is 7.58. The van der Waals surface area contributed by atoms with Gasteiger partial charge in [0.05, 0.1) is 18.3 Å². The lowest BCUT2D eigenvalue weighted by Gasteiger charge is -2.34. The first-order valence-corrected chi connectivity index (χ1v) is 7.58. The van der Waals surface area contributed by atoms with Gasteiger partial charge in [-0.3, -0.25) is 14.4 Å². The number of ether oxygens (including phenoxy) is 1. The van der Waals surface area contributed by atoms with Crippen molar-refractivity contribution >= 4 is 12.3 Å². The minimum absolute atomic E-state index is 0.345. The topological polar surface area (TPSA) is 67.9 Å². The second kappa shape index (κ2) is 8.64. The number of likely N-dealkylation sites (N-methyl/N-ethyl adjacent to an activating group) is 1. The largest absolute Gasteiger partial charge is 0.371 e. The maximum atomic E-state index is 12.2. The Morgan fingerprint density at radius 2 is 1.91 bits per heavy atom. The average molecular weight is 322 g/mol. The van der Waals surface area contributed by atoms with Crippen LogP contribution in [0.15, 0.2) is 30.3 Å². The van der Waals surface area contributed by atoms with Gasteiger partial charge >= 0.3 is 0 Å². The van der Waals surface area contributed by atoms with Crippen LogP contribution < -0.4 is 5.32 Å². The summed E-state index contributed by atoms with van der Waals surface area (Å²) in [5.74, 6) is -0.345. The molecule has 6 nitrogen and oxygen atoms in total. The van der Waals surface area contributed by atoms with Crippen LogP contribution in [0.2, 0.25) is 0 Å². The molecule has 0 heterocycles. The molecule has 0 aliphatic heterocycles. The lowest BCUT2D eigenvalue weighted by Crippen LogP contribution is -2.54. The molecule has 2 atom stereocenters. The molecule has 0 saturated carbocycles. The second-order valence-electron chi connectivity index (χ2n) is 6.23. The number of rotatable bonds is 8. The molecule has 0 aliphatic carbocycles. The third-order valence-corrected chi connectivity index (χ3v) is 3.07. The molecule has 6 heteroatoms. The van der Waals surface area contributed by atoms with Crippen molar-refractivity contribution in [2.75, 3.05) is 7.05 Å². The fraction of sp³-hybridized carbons (Fsp3) is 0.529. The van der Waals surface area contributed by atoms with E-state index in [0.29, 0.717) is 13.0 Å². The third kappa shape index (κ3) is 6.38. The van der Waals surface area contributed by atoms with Crippen molar-refractivity contribution in [3.63, 3.8) is 0 Å². The van der Waals surface area contributed by atoms with Gasteiger partial charge in [0.15, 0.2) is 6.04 Å². The number of nitrogens with one attached hydrogen (secondary N) is 1. The fourth-order valence-corrected chi connectivity index (χ4v) is 2.04. The van der Waals surface area contributed by atoms with Crippen molar-refractivity contribution in [2.45, 2.75) is 52.0 Å². The Balaban J connectivity index is 2.82. The van der Waals surface area contributed by atoms with E-state index >= 15 is 0 Å². The van der Waals surface area contributed by atoms with E-state index < -0.39 is 17.7 Å². The number of amides is 2. The maximum absolute atomic E-state index is 12.2. The number of hydrogen-bond acceptors (Lipinski definition) is 4. The highest BCUT2D eigenvalue weighted by Crippen LogP contribution is 2.16. The number of carbonyl (C=O) groups excluding carboxylic acids is 2. The monoisotopic (exact) mass is 322 g/mol. The number of carbonyl (C=O) groups is 2. The number of nitrogens with zero attached hydrogens (tertiary/aromatic N) is 1. The quantitative estimate of drug-likeness (QED) is 0.586. The minimum atomic E-state index is -0.875. The van der Waals surface area contributed by atoms with E-state index in [4.69, 9.17) is 9.57 Å². The second-order valence-corrected chi connectivity index (χ2v) is 6.23. The first kappa shape index (κ1) is 19.1. The van der Waals surface area contributed by atoms with Crippen molar-refractivity contribution < 1.29 is 19.2 Å². The Morgan fingerprint density at radius 3 is 2.39 bits per heavy atom. The summed E-state index contributed by atoms with van der Waals surface area (Å²) in [6, 6.07) is 8.75. The van der Waals surface area contributed by atoms with Crippen molar-refractivity contribution in [2.24, 2.45) is 0 Å². The molecule has 0 spiro atoms. The van der Waals surface area contributed by atoms with E-state index in [9.17, 15) is 9.59 Å². The minimum Gasteiger partial charge on any atom is -0.371 e. The predicted molar refractivity (Wildman–Crippen MR) is 87.3 cm³/mol. The van der Waals surface area contributed by atoms with Crippen molar-refractivity contribution in [1.82, 2.24) is 10.4 Å². The summed E-state index contributed by atoms with van der Waals surface area (Å²) in [6.07, 6.45) is -0.0317. The third-order valence-electron chi connectivity index (χ3n) is 3.07. The molecule has 1 aromatic carbocycles. The summed E-state index contributed by atoms with van der Waals surface area (Å²) >= 11 is 0. The van der Waals surface area contributed by atoms with Gasteiger partial charge in [0, 0.05) is 7.05 Å². The molecule has 0 unspecified atom stereocenters. The molecule has 128 valence electrons. The smallest absolute Gasteiger partial charge is 0.247 e. The highest BCUT2D eigenvalue weighted by molar-refractivity contribution is 5.83. The number of benzene rings is 1. The van der Waals surface area contributed by atoms with Crippen LogP contribution in [0.5, 0.6) is 0 Å². The normalized spacial score (nSPS) is 14.0. The van der Waals surface area contributed by atoms with Crippen LogP contribution in [0, 0.1) is 0 Å². The molecular formula is C17H26N2O4. The maximum Gasteiger partial charge on any atom is 0.247 e. The Bertz CT molecular complexity index is 499. The predicted octanol–water partition coefficient (Wildman–Crippen LogP) is 1.89. The lowest BCUT2D eigenvalue weighted by molar-refractivity contribution is -0.242. The molecule has 1 rings (SSSR count). The Kier molecular flexibility index (Phi) is 7.19. The molecule has 0 aliphatic rings. The van der Waals surface area contributed by atoms with Crippen LogP contribution in [0.4, 0.5) is 0 Å². The summed E-state index contributed by atoms with van der Waals surface area (Å²) in [4.78, 5) is 29.1. The van der Waals surface area contributed by atoms with Gasteiger partial charge in [0.1, 0.15) is 0 Å². The summed E-state index contributed by atoms with van der Waals surface area (Å²) in [6.45, 7) is 7.50. The SMILES string of the molecule is CNC(=O)[C@H]([C@@H](C)OCc1ccccc1)N(C=O)OC(C)(C)C. The molecule has 2 amide bonds. The van der Waals surface area contributed by atoms with E-state index in [1.54, 1.807) is 27.7 Å². The van der Waals surface area contributed by atoms with Crippen LogP contribution >= 0.6 is 0 Å². The molecule has 23 heavy (non-hydrogen) atoms. The summed E-state index contributed by atoms with van der Waals surface area (Å²) < 4.78 is 5.77. The lowest BCUT2D eigenvalue weighted by atomic mass is 10.1. The highest BCUT2D eigenvalue weighted by Gasteiger charge is 2.34. The number of hydrogen-bond donors (Lipinski definition) is 1. The van der Waals surface area contributed by atoms with Crippen LogP contribution in [0.3, 0.4) is 0 Å². The van der Waals surface area contributed by atoms with E-state index in [1.807, 2.05) is 30.3 Å². The summed E-state index contributed by atoms with van der Waals surface area (Å²) in [5, 5.41) is 3.57. The molecule has 0 aromatic heterocycles. The summed E-state index contributed by atoms with van der Waals surface area (Å²) in [5.41, 5.74) is 0.385. The molecule has 0 saturated heterocycles. The van der Waals surface area contributed by atoms with E-state index in [1.165, 1.54) is 7.05 Å². The zero-order valence-electron chi connectivity index (χ0n) is 14.4. The first-order chi connectivity index (χ1) is 10.8. The Morgan fingerprint density at radius 1 is 1.30 bits per heavy atom. The van der Waals surface area contributed by atoms with Gasteiger partial charge in [-0.05, 0) is 33.3 Å². The van der Waals surface area contributed by atoms with Crippen molar-refractivity contribution in [3.8, 4) is 0 Å².